The Labute approximate surface area is 101 Å². The Bertz CT molecular complexity index is 566. The van der Waals surface area contributed by atoms with E-state index in [1.165, 1.54) is 12.3 Å². The lowest BCUT2D eigenvalue weighted by Gasteiger charge is -2.08. The molecule has 1 atom stereocenters. The number of nitrogens with zero attached hydrogens (tertiary/aromatic N) is 4. The van der Waals surface area contributed by atoms with Gasteiger partial charge < -0.3 is 0 Å². The molecule has 0 saturated heterocycles. The van der Waals surface area contributed by atoms with E-state index in [1.807, 2.05) is 0 Å². The van der Waals surface area contributed by atoms with Gasteiger partial charge in [-0.1, -0.05) is 5.21 Å². The van der Waals surface area contributed by atoms with Crippen LogP contribution >= 0.6 is 8.73 Å². The molecule has 0 bridgehead atoms. The van der Waals surface area contributed by atoms with Crippen LogP contribution in [0, 0.1) is 5.82 Å². The van der Waals surface area contributed by atoms with Crippen molar-refractivity contribution in [2.24, 2.45) is 0 Å². The minimum Gasteiger partial charge on any atom is -0.262 e. The fourth-order valence-electron chi connectivity index (χ4n) is 1.44. The zero-order valence-corrected chi connectivity index (χ0v) is 10.0. The third-order valence-electron chi connectivity index (χ3n) is 2.18. The molecule has 2 aromatic rings. The minimum atomic E-state index is -4.68. The quantitative estimate of drug-likeness (QED) is 0.626. The van der Waals surface area contributed by atoms with E-state index in [0.29, 0.717) is 0 Å². The molecule has 0 aliphatic carbocycles. The molecule has 0 aromatic carbocycles. The van der Waals surface area contributed by atoms with Gasteiger partial charge in [-0.25, -0.2) is 8.84 Å². The van der Waals surface area contributed by atoms with Gasteiger partial charge in [0, 0.05) is 20.5 Å². The smallest absolute Gasteiger partial charge is 0.262 e. The summed E-state index contributed by atoms with van der Waals surface area (Å²) in [7, 11) is -0.0934. The summed E-state index contributed by atoms with van der Waals surface area (Å²) in [6, 6.07) is 1.17. The van der Waals surface area contributed by atoms with Crippen LogP contribution in [-0.4, -0.2) is 26.4 Å². The summed E-state index contributed by atoms with van der Waals surface area (Å²) in [5.74, 6) is -0.843. The minimum absolute atomic E-state index is 0.0934. The van der Waals surface area contributed by atoms with E-state index in [0.717, 1.165) is 10.6 Å². The summed E-state index contributed by atoms with van der Waals surface area (Å²) in [5, 5.41) is 6.47. The van der Waals surface area contributed by atoms with Gasteiger partial charge in [0.15, 0.2) is 11.5 Å². The van der Waals surface area contributed by atoms with Crippen molar-refractivity contribution in [2.45, 2.75) is 6.18 Å². The van der Waals surface area contributed by atoms with Crippen molar-refractivity contribution in [1.82, 2.24) is 19.7 Å². The van der Waals surface area contributed by atoms with Crippen molar-refractivity contribution < 1.29 is 17.6 Å². The van der Waals surface area contributed by atoms with Gasteiger partial charge in [-0.15, -0.1) is 5.10 Å². The van der Waals surface area contributed by atoms with Gasteiger partial charge in [-0.2, -0.15) is 13.2 Å². The van der Waals surface area contributed by atoms with Crippen LogP contribution in [-0.2, 0) is 6.18 Å². The number of hydrogen-bond donors (Lipinski definition) is 0. The molecule has 2 rings (SSSR count). The normalized spacial score (nSPS) is 12.5. The average Bonchev–Trinajstić information content (AvgIpc) is 2.72. The second-order valence-corrected chi connectivity index (χ2v) is 4.15. The van der Waals surface area contributed by atoms with Crippen LogP contribution in [0.3, 0.4) is 0 Å². The number of halogens is 4. The van der Waals surface area contributed by atoms with E-state index < -0.39 is 17.7 Å². The molecule has 4 nitrogen and oxygen atoms in total. The lowest BCUT2D eigenvalue weighted by molar-refractivity contribution is -0.140. The van der Waals surface area contributed by atoms with Crippen LogP contribution < -0.4 is 0 Å². The Balaban J connectivity index is 2.69. The topological polar surface area (TPSA) is 43.6 Å². The standard InChI is InChI=1S/C9H7F4N4P/c1-18-17-7(5-2-3-14-4-6(5)10)8(15-16-17)9(11,12)13/h2-4,18H,1H3. The molecular weight excluding hydrogens is 271 g/mol. The molecule has 0 aliphatic rings. The first kappa shape index (κ1) is 12.9. The maximum atomic E-state index is 13.5. The maximum Gasteiger partial charge on any atom is 0.437 e. The highest BCUT2D eigenvalue weighted by Gasteiger charge is 2.39. The number of aromatic nitrogens is 4. The third-order valence-corrected chi connectivity index (χ3v) is 2.91. The summed E-state index contributed by atoms with van der Waals surface area (Å²) in [5.41, 5.74) is -1.78. The van der Waals surface area contributed by atoms with E-state index in [2.05, 4.69) is 15.3 Å². The Kier molecular flexibility index (Phi) is 3.30. The Morgan fingerprint density at radius 1 is 1.33 bits per heavy atom. The summed E-state index contributed by atoms with van der Waals surface area (Å²) < 4.78 is 52.9. The van der Waals surface area contributed by atoms with E-state index in [1.54, 1.807) is 6.66 Å². The van der Waals surface area contributed by atoms with Gasteiger partial charge in [0.1, 0.15) is 5.69 Å². The van der Waals surface area contributed by atoms with Crippen molar-refractivity contribution in [3.8, 4) is 11.3 Å². The first-order chi connectivity index (χ1) is 8.45. The van der Waals surface area contributed by atoms with Crippen LogP contribution in [0.25, 0.3) is 11.3 Å². The summed E-state index contributed by atoms with van der Waals surface area (Å²) >= 11 is 0. The Hall–Kier alpha value is -1.56. The van der Waals surface area contributed by atoms with Crippen LogP contribution in [0.4, 0.5) is 17.6 Å². The van der Waals surface area contributed by atoms with Crippen molar-refractivity contribution in [3.63, 3.8) is 0 Å². The second kappa shape index (κ2) is 4.61. The number of hydrogen-bond acceptors (Lipinski definition) is 3. The van der Waals surface area contributed by atoms with Crippen LogP contribution in [0.2, 0.25) is 0 Å². The van der Waals surface area contributed by atoms with Crippen molar-refractivity contribution in [3.05, 3.63) is 30.0 Å². The SMILES string of the molecule is CPn1nnc(C(F)(F)F)c1-c1ccncc1F. The second-order valence-electron chi connectivity index (χ2n) is 3.28. The van der Waals surface area contributed by atoms with Crippen molar-refractivity contribution in [1.29, 1.82) is 0 Å². The molecule has 1 unspecified atom stereocenters. The Morgan fingerprint density at radius 2 is 2.06 bits per heavy atom. The molecule has 96 valence electrons. The Morgan fingerprint density at radius 3 is 2.61 bits per heavy atom. The molecule has 0 radical (unpaired) electrons. The first-order valence-corrected chi connectivity index (χ1v) is 6.20. The largest absolute Gasteiger partial charge is 0.437 e. The fourth-order valence-corrected chi connectivity index (χ4v) is 2.02. The third kappa shape index (κ3) is 2.20. The molecule has 9 heteroatoms. The van der Waals surface area contributed by atoms with Crippen molar-refractivity contribution >= 4 is 8.73 Å². The van der Waals surface area contributed by atoms with Crippen LogP contribution in [0.5, 0.6) is 0 Å². The van der Waals surface area contributed by atoms with Gasteiger partial charge in [0.2, 0.25) is 0 Å². The molecule has 18 heavy (non-hydrogen) atoms. The van der Waals surface area contributed by atoms with Gasteiger partial charge in [-0.3, -0.25) is 4.98 Å². The van der Waals surface area contributed by atoms with Crippen LogP contribution in [0.15, 0.2) is 18.5 Å². The molecule has 0 fully saturated rings. The average molecular weight is 278 g/mol. The fraction of sp³-hybridized carbons (Fsp3) is 0.222. The van der Waals surface area contributed by atoms with E-state index in [4.69, 9.17) is 0 Å². The lowest BCUT2D eigenvalue weighted by atomic mass is 10.1. The summed E-state index contributed by atoms with van der Waals surface area (Å²) in [4.78, 5) is 3.50. The monoisotopic (exact) mass is 278 g/mol. The van der Waals surface area contributed by atoms with E-state index >= 15 is 0 Å². The highest BCUT2D eigenvalue weighted by Crippen LogP contribution is 2.37. The maximum absolute atomic E-state index is 13.5. The highest BCUT2D eigenvalue weighted by molar-refractivity contribution is 7.35. The van der Waals surface area contributed by atoms with Crippen molar-refractivity contribution in [2.75, 3.05) is 6.66 Å². The highest BCUT2D eigenvalue weighted by atomic mass is 31.1. The zero-order valence-electron chi connectivity index (χ0n) is 9.03. The molecule has 0 aliphatic heterocycles. The van der Waals surface area contributed by atoms with E-state index in [9.17, 15) is 17.6 Å². The van der Waals surface area contributed by atoms with Gasteiger partial charge >= 0.3 is 6.18 Å². The first-order valence-electron chi connectivity index (χ1n) is 4.75. The molecule has 0 amide bonds. The number of rotatable bonds is 2. The number of alkyl halides is 3. The van der Waals surface area contributed by atoms with Gasteiger partial charge in [0.25, 0.3) is 0 Å². The molecule has 0 spiro atoms. The molecule has 0 saturated carbocycles. The molecular formula is C9H7F4N4P. The molecule has 0 N–H and O–H groups in total. The van der Waals surface area contributed by atoms with Gasteiger partial charge in [-0.05, 0) is 12.7 Å². The summed E-state index contributed by atoms with van der Waals surface area (Å²) in [6.45, 7) is 1.62. The molecule has 2 aromatic heterocycles. The van der Waals surface area contributed by atoms with E-state index in [-0.39, 0.29) is 20.0 Å². The molecule has 2 heterocycles. The zero-order chi connectivity index (χ0) is 13.3. The number of pyridine rings is 1. The lowest BCUT2D eigenvalue weighted by Crippen LogP contribution is -2.08. The predicted octanol–water partition coefficient (Wildman–Crippen LogP) is 2.57. The summed E-state index contributed by atoms with van der Waals surface area (Å²) in [6.07, 6.45) is -2.61. The van der Waals surface area contributed by atoms with Crippen LogP contribution in [0.1, 0.15) is 5.69 Å². The van der Waals surface area contributed by atoms with Gasteiger partial charge in [0.05, 0.1) is 6.20 Å². The predicted molar refractivity (Wildman–Crippen MR) is 57.9 cm³/mol.